The highest BCUT2D eigenvalue weighted by molar-refractivity contribution is 5.85. The van der Waals surface area contributed by atoms with Crippen LogP contribution in [0.1, 0.15) is 33.6 Å². The van der Waals surface area contributed by atoms with Gasteiger partial charge in [0.15, 0.2) is 0 Å². The first-order valence-corrected chi connectivity index (χ1v) is 6.08. The zero-order valence-electron chi connectivity index (χ0n) is 11.1. The van der Waals surface area contributed by atoms with Crippen LogP contribution in [0.2, 0.25) is 0 Å². The quantitative estimate of drug-likeness (QED) is 0.617. The molecule has 0 rings (SSSR count). The van der Waals surface area contributed by atoms with Gasteiger partial charge in [0.1, 0.15) is 0 Å². The van der Waals surface area contributed by atoms with Crippen LogP contribution in [0.3, 0.4) is 0 Å². The van der Waals surface area contributed by atoms with Gasteiger partial charge in [-0.3, -0.25) is 9.69 Å². The summed E-state index contributed by atoms with van der Waals surface area (Å²) in [6.45, 7) is 9.41. The second kappa shape index (κ2) is 12.1. The van der Waals surface area contributed by atoms with E-state index < -0.39 is 5.97 Å². The van der Waals surface area contributed by atoms with E-state index >= 15 is 0 Å². The lowest BCUT2D eigenvalue weighted by atomic mass is 10.1. The molecule has 4 nitrogen and oxygen atoms in total. The minimum atomic E-state index is -0.768. The molecular weight excluding hydrogens is 242 g/mol. The van der Waals surface area contributed by atoms with Gasteiger partial charge in [-0.25, -0.2) is 0 Å². The first-order valence-electron chi connectivity index (χ1n) is 6.08. The van der Waals surface area contributed by atoms with Crippen LogP contribution in [0.5, 0.6) is 0 Å². The first-order chi connectivity index (χ1) is 7.56. The standard InChI is InChI=1S/C12H25NO3.ClH/c1-4-6-13(10-12(14)15)7-9-16-8-5-11(2)3;/h11H,4-10H2,1-3H3,(H,14,15);1H. The molecule has 104 valence electrons. The van der Waals surface area contributed by atoms with Crippen LogP contribution >= 0.6 is 12.4 Å². The van der Waals surface area contributed by atoms with Crippen molar-refractivity contribution in [1.29, 1.82) is 0 Å². The Labute approximate surface area is 111 Å². The number of hydrogen-bond acceptors (Lipinski definition) is 3. The van der Waals surface area contributed by atoms with Crippen LogP contribution in [-0.4, -0.2) is 48.8 Å². The zero-order chi connectivity index (χ0) is 12.4. The maximum Gasteiger partial charge on any atom is 0.317 e. The molecule has 5 heteroatoms. The number of ether oxygens (including phenoxy) is 1. The van der Waals surface area contributed by atoms with Gasteiger partial charge in [-0.05, 0) is 25.3 Å². The maximum absolute atomic E-state index is 10.6. The summed E-state index contributed by atoms with van der Waals surface area (Å²) in [5.41, 5.74) is 0. The Kier molecular flexibility index (Phi) is 13.6. The molecule has 0 spiro atoms. The number of rotatable bonds is 10. The first kappa shape index (κ1) is 19.0. The van der Waals surface area contributed by atoms with E-state index in [4.69, 9.17) is 9.84 Å². The monoisotopic (exact) mass is 267 g/mol. The third kappa shape index (κ3) is 13.6. The molecule has 0 aromatic heterocycles. The van der Waals surface area contributed by atoms with Crippen LogP contribution in [-0.2, 0) is 9.53 Å². The molecule has 0 aliphatic rings. The molecule has 0 amide bonds. The van der Waals surface area contributed by atoms with Gasteiger partial charge in [0, 0.05) is 13.2 Å². The molecule has 0 heterocycles. The average Bonchev–Trinajstić information content (AvgIpc) is 2.16. The predicted molar refractivity (Wildman–Crippen MR) is 71.9 cm³/mol. The molecule has 0 aromatic rings. The summed E-state index contributed by atoms with van der Waals surface area (Å²) in [6.07, 6.45) is 2.03. The molecular formula is C12H26ClNO3. The Morgan fingerprint density at radius 2 is 1.94 bits per heavy atom. The molecule has 1 N–H and O–H groups in total. The van der Waals surface area contributed by atoms with Gasteiger partial charge in [-0.2, -0.15) is 0 Å². The van der Waals surface area contributed by atoms with Gasteiger partial charge in [-0.1, -0.05) is 20.8 Å². The Morgan fingerprint density at radius 1 is 1.29 bits per heavy atom. The molecule has 0 aliphatic carbocycles. The van der Waals surface area contributed by atoms with E-state index in [0.717, 1.165) is 26.0 Å². The highest BCUT2D eigenvalue weighted by Crippen LogP contribution is 1.99. The fraction of sp³-hybridized carbons (Fsp3) is 0.917. The molecule has 0 atom stereocenters. The van der Waals surface area contributed by atoms with E-state index in [2.05, 4.69) is 20.8 Å². The molecule has 0 radical (unpaired) electrons. The second-order valence-corrected chi connectivity index (χ2v) is 4.46. The van der Waals surface area contributed by atoms with Crippen molar-refractivity contribution in [2.45, 2.75) is 33.6 Å². The number of carboxylic acids is 1. The van der Waals surface area contributed by atoms with Crippen LogP contribution in [0, 0.1) is 5.92 Å². The lowest BCUT2D eigenvalue weighted by molar-refractivity contribution is -0.138. The van der Waals surface area contributed by atoms with Gasteiger partial charge in [0.25, 0.3) is 0 Å². The fourth-order valence-corrected chi connectivity index (χ4v) is 1.39. The Morgan fingerprint density at radius 3 is 2.41 bits per heavy atom. The van der Waals surface area contributed by atoms with E-state index in [9.17, 15) is 4.79 Å². The minimum Gasteiger partial charge on any atom is -0.480 e. The topological polar surface area (TPSA) is 49.8 Å². The number of nitrogens with zero attached hydrogens (tertiary/aromatic N) is 1. The highest BCUT2D eigenvalue weighted by atomic mass is 35.5. The smallest absolute Gasteiger partial charge is 0.317 e. The van der Waals surface area contributed by atoms with E-state index in [0.29, 0.717) is 19.1 Å². The van der Waals surface area contributed by atoms with Crippen molar-refractivity contribution >= 4 is 18.4 Å². The van der Waals surface area contributed by atoms with Crippen molar-refractivity contribution in [3.63, 3.8) is 0 Å². The Hall–Kier alpha value is -0.320. The average molecular weight is 268 g/mol. The number of carboxylic acid groups (broad SMARTS) is 1. The SMILES string of the molecule is CCCN(CCOCCC(C)C)CC(=O)O.Cl. The molecule has 17 heavy (non-hydrogen) atoms. The Balaban J connectivity index is 0. The van der Waals surface area contributed by atoms with Crippen molar-refractivity contribution in [1.82, 2.24) is 4.90 Å². The van der Waals surface area contributed by atoms with Gasteiger partial charge < -0.3 is 9.84 Å². The molecule has 0 aliphatic heterocycles. The summed E-state index contributed by atoms with van der Waals surface area (Å²) in [6, 6.07) is 0. The van der Waals surface area contributed by atoms with Gasteiger partial charge >= 0.3 is 5.97 Å². The summed E-state index contributed by atoms with van der Waals surface area (Å²) in [5.74, 6) is -0.110. The van der Waals surface area contributed by atoms with Gasteiger partial charge in [0.2, 0.25) is 0 Å². The lowest BCUT2D eigenvalue weighted by Crippen LogP contribution is -2.33. The number of halogens is 1. The van der Waals surface area contributed by atoms with Gasteiger partial charge in [-0.15, -0.1) is 12.4 Å². The highest BCUT2D eigenvalue weighted by Gasteiger charge is 2.07. The summed E-state index contributed by atoms with van der Waals surface area (Å²) in [4.78, 5) is 12.5. The Bertz CT molecular complexity index is 189. The van der Waals surface area contributed by atoms with Crippen LogP contribution in [0.15, 0.2) is 0 Å². The van der Waals surface area contributed by atoms with Crippen molar-refractivity contribution in [2.24, 2.45) is 5.92 Å². The van der Waals surface area contributed by atoms with Crippen molar-refractivity contribution in [3.05, 3.63) is 0 Å². The van der Waals surface area contributed by atoms with E-state index in [1.807, 2.05) is 4.90 Å². The molecule has 0 saturated heterocycles. The van der Waals surface area contributed by atoms with E-state index in [1.165, 1.54) is 0 Å². The fourth-order valence-electron chi connectivity index (χ4n) is 1.39. The van der Waals surface area contributed by atoms with Crippen LogP contribution < -0.4 is 0 Å². The lowest BCUT2D eigenvalue weighted by Gasteiger charge is -2.19. The van der Waals surface area contributed by atoms with E-state index in [1.54, 1.807) is 0 Å². The summed E-state index contributed by atoms with van der Waals surface area (Å²) in [5, 5.41) is 8.70. The number of hydrogen-bond donors (Lipinski definition) is 1. The van der Waals surface area contributed by atoms with E-state index in [-0.39, 0.29) is 19.0 Å². The number of carbonyl (C=O) groups is 1. The second-order valence-electron chi connectivity index (χ2n) is 4.46. The third-order valence-electron chi connectivity index (χ3n) is 2.29. The van der Waals surface area contributed by atoms with Gasteiger partial charge in [0.05, 0.1) is 13.2 Å². The zero-order valence-corrected chi connectivity index (χ0v) is 12.0. The molecule has 0 aromatic carbocycles. The van der Waals surface area contributed by atoms with Crippen LogP contribution in [0.4, 0.5) is 0 Å². The van der Waals surface area contributed by atoms with Crippen LogP contribution in [0.25, 0.3) is 0 Å². The largest absolute Gasteiger partial charge is 0.480 e. The maximum atomic E-state index is 10.6. The van der Waals surface area contributed by atoms with Crippen molar-refractivity contribution in [2.75, 3.05) is 32.8 Å². The summed E-state index contributed by atoms with van der Waals surface area (Å²) in [7, 11) is 0. The molecule has 0 unspecified atom stereocenters. The number of aliphatic carboxylic acids is 1. The molecule has 0 bridgehead atoms. The minimum absolute atomic E-state index is 0. The summed E-state index contributed by atoms with van der Waals surface area (Å²) < 4.78 is 5.47. The normalized spacial score (nSPS) is 10.6. The predicted octanol–water partition coefficient (Wildman–Crippen LogP) is 2.27. The summed E-state index contributed by atoms with van der Waals surface area (Å²) >= 11 is 0. The van der Waals surface area contributed by atoms with Crippen molar-refractivity contribution < 1.29 is 14.6 Å². The van der Waals surface area contributed by atoms with Crippen molar-refractivity contribution in [3.8, 4) is 0 Å². The third-order valence-corrected chi connectivity index (χ3v) is 2.29. The molecule has 0 fully saturated rings. The molecule has 0 saturated carbocycles.